The first-order valence-corrected chi connectivity index (χ1v) is 12.6. The van der Waals surface area contributed by atoms with Gasteiger partial charge in [0.05, 0.1) is 5.92 Å². The maximum Gasteiger partial charge on any atom is 0.252 e. The third kappa shape index (κ3) is 3.25. The molecular weight excluding hydrogens is 380 g/mol. The molecule has 4 saturated carbocycles. The Morgan fingerprint density at radius 1 is 1.15 bits per heavy atom. The van der Waals surface area contributed by atoms with E-state index < -0.39 is 10.0 Å². The molecule has 0 unspecified atom stereocenters. The van der Waals surface area contributed by atoms with E-state index >= 15 is 0 Å². The van der Waals surface area contributed by atoms with Crippen molar-refractivity contribution in [2.45, 2.75) is 61.1 Å². The maximum absolute atomic E-state index is 13.1. The lowest BCUT2D eigenvalue weighted by Crippen LogP contribution is -2.61. The predicted octanol–water partition coefficient (Wildman–Crippen LogP) is 3.23. The Morgan fingerprint density at radius 2 is 1.81 bits per heavy atom. The van der Waals surface area contributed by atoms with Crippen LogP contribution in [0.2, 0.25) is 0 Å². The van der Waals surface area contributed by atoms with Crippen LogP contribution < -0.4 is 5.32 Å². The smallest absolute Gasteiger partial charge is 0.252 e. The number of amides is 1. The van der Waals surface area contributed by atoms with Crippen LogP contribution >= 0.6 is 11.3 Å². The molecule has 1 aromatic rings. The first-order valence-electron chi connectivity index (χ1n) is 10.3. The van der Waals surface area contributed by atoms with Crippen molar-refractivity contribution in [3.8, 4) is 0 Å². The van der Waals surface area contributed by atoms with Crippen molar-refractivity contribution >= 4 is 27.3 Å². The summed E-state index contributed by atoms with van der Waals surface area (Å²) in [6.45, 7) is 0.833. The van der Waals surface area contributed by atoms with E-state index in [1.54, 1.807) is 17.5 Å². The molecule has 1 atom stereocenters. The molecule has 1 aliphatic heterocycles. The molecule has 7 heteroatoms. The van der Waals surface area contributed by atoms with E-state index in [0.29, 0.717) is 17.3 Å². The molecule has 5 aliphatic rings. The number of thiophene rings is 1. The van der Waals surface area contributed by atoms with Crippen LogP contribution in [0.1, 0.15) is 51.4 Å². The van der Waals surface area contributed by atoms with E-state index in [0.717, 1.165) is 49.9 Å². The second-order valence-electron chi connectivity index (χ2n) is 9.32. The average Bonchev–Trinajstić information content (AvgIpc) is 3.16. The summed E-state index contributed by atoms with van der Waals surface area (Å²) in [7, 11) is -3.47. The fourth-order valence-corrected chi connectivity index (χ4v) is 9.21. The zero-order valence-corrected chi connectivity index (χ0v) is 17.2. The van der Waals surface area contributed by atoms with Crippen LogP contribution in [0.25, 0.3) is 0 Å². The molecule has 1 amide bonds. The number of hydrogen-bond acceptors (Lipinski definition) is 4. The van der Waals surface area contributed by atoms with Crippen molar-refractivity contribution in [3.63, 3.8) is 0 Å². The van der Waals surface area contributed by atoms with Crippen LogP contribution in [-0.2, 0) is 14.8 Å². The van der Waals surface area contributed by atoms with Gasteiger partial charge in [-0.2, -0.15) is 4.31 Å². The Bertz CT molecular complexity index is 783. The first-order chi connectivity index (χ1) is 12.9. The number of nitrogens with one attached hydrogen (secondary N) is 1. The Hall–Kier alpha value is -0.920. The predicted molar refractivity (Wildman–Crippen MR) is 105 cm³/mol. The van der Waals surface area contributed by atoms with E-state index in [1.165, 1.54) is 34.9 Å². The van der Waals surface area contributed by atoms with Crippen LogP contribution in [-0.4, -0.2) is 37.3 Å². The van der Waals surface area contributed by atoms with Gasteiger partial charge < -0.3 is 5.32 Å². The standard InChI is InChI=1S/C20H28N2O3S2/c23-19(21-20-10-14-7-15(11-20)9-16(8-14)12-20)17-3-1-5-22(13-17)27(24,25)18-4-2-6-26-18/h2,4,6,14-17H,1,3,5,7-13H2,(H,21,23)/t14?,15?,16?,17-,20?/m0/s1. The van der Waals surface area contributed by atoms with Crippen molar-refractivity contribution < 1.29 is 13.2 Å². The van der Waals surface area contributed by atoms with Gasteiger partial charge in [0.1, 0.15) is 4.21 Å². The lowest BCUT2D eigenvalue weighted by molar-refractivity contribution is -0.131. The topological polar surface area (TPSA) is 66.5 Å². The van der Waals surface area contributed by atoms with E-state index in [1.807, 2.05) is 0 Å². The molecule has 0 radical (unpaired) electrons. The lowest BCUT2D eigenvalue weighted by Gasteiger charge is -2.57. The highest BCUT2D eigenvalue weighted by molar-refractivity contribution is 7.91. The Labute approximate surface area is 165 Å². The zero-order valence-electron chi connectivity index (χ0n) is 15.6. The van der Waals surface area contributed by atoms with Crippen LogP contribution in [0, 0.1) is 23.7 Å². The maximum atomic E-state index is 13.1. The number of carbonyl (C=O) groups excluding carboxylic acids is 1. The Morgan fingerprint density at radius 3 is 2.41 bits per heavy atom. The molecule has 0 spiro atoms. The van der Waals surface area contributed by atoms with E-state index in [-0.39, 0.29) is 17.4 Å². The summed E-state index contributed by atoms with van der Waals surface area (Å²) < 4.78 is 27.6. The largest absolute Gasteiger partial charge is 0.350 e. The van der Waals surface area contributed by atoms with Crippen molar-refractivity contribution in [3.05, 3.63) is 17.5 Å². The minimum Gasteiger partial charge on any atom is -0.350 e. The number of hydrogen-bond donors (Lipinski definition) is 1. The summed E-state index contributed by atoms with van der Waals surface area (Å²) in [5, 5.41) is 5.23. The average molecular weight is 409 g/mol. The fourth-order valence-electron chi connectivity index (χ4n) is 6.54. The molecule has 5 fully saturated rings. The zero-order chi connectivity index (χ0) is 18.6. The normalized spacial score (nSPS) is 38.8. The van der Waals surface area contributed by atoms with Crippen LogP contribution in [0.3, 0.4) is 0 Å². The van der Waals surface area contributed by atoms with Gasteiger partial charge in [-0.05, 0) is 80.6 Å². The number of rotatable bonds is 4. The number of sulfonamides is 1. The summed E-state index contributed by atoms with van der Waals surface area (Å²) in [5.74, 6) is 2.24. The number of carbonyl (C=O) groups is 1. The van der Waals surface area contributed by atoms with Crippen molar-refractivity contribution in [2.75, 3.05) is 13.1 Å². The first kappa shape index (κ1) is 18.1. The van der Waals surface area contributed by atoms with E-state index in [2.05, 4.69) is 5.32 Å². The monoisotopic (exact) mass is 408 g/mol. The molecule has 148 valence electrons. The van der Waals surface area contributed by atoms with Crippen LogP contribution in [0.5, 0.6) is 0 Å². The lowest BCUT2D eigenvalue weighted by atomic mass is 9.53. The van der Waals surface area contributed by atoms with Crippen molar-refractivity contribution in [1.29, 1.82) is 0 Å². The summed E-state index contributed by atoms with van der Waals surface area (Å²) in [6, 6.07) is 3.41. The summed E-state index contributed by atoms with van der Waals surface area (Å²) in [4.78, 5) is 13.1. The van der Waals surface area contributed by atoms with Crippen LogP contribution in [0.4, 0.5) is 0 Å². The minimum atomic E-state index is -3.47. The van der Waals surface area contributed by atoms with Gasteiger partial charge in [0.15, 0.2) is 0 Å². The van der Waals surface area contributed by atoms with Gasteiger partial charge >= 0.3 is 0 Å². The highest BCUT2D eigenvalue weighted by atomic mass is 32.2. The van der Waals surface area contributed by atoms with Gasteiger partial charge in [-0.1, -0.05) is 6.07 Å². The second kappa shape index (κ2) is 6.56. The SMILES string of the molecule is O=C(NC12CC3CC(CC(C3)C1)C2)[C@H]1CCCN(S(=O)(=O)c2cccs2)C1. The summed E-state index contributed by atoms with van der Waals surface area (Å²) >= 11 is 1.25. The van der Waals surface area contributed by atoms with E-state index in [4.69, 9.17) is 0 Å². The van der Waals surface area contributed by atoms with Gasteiger partial charge in [0.25, 0.3) is 10.0 Å². The minimum absolute atomic E-state index is 0.000732. The highest BCUT2D eigenvalue weighted by Gasteiger charge is 2.52. The van der Waals surface area contributed by atoms with Gasteiger partial charge in [-0.15, -0.1) is 11.3 Å². The van der Waals surface area contributed by atoms with Crippen LogP contribution in [0.15, 0.2) is 21.7 Å². The van der Waals surface area contributed by atoms with Gasteiger partial charge in [-0.25, -0.2) is 8.42 Å². The molecule has 1 N–H and O–H groups in total. The highest BCUT2D eigenvalue weighted by Crippen LogP contribution is 2.55. The van der Waals surface area contributed by atoms with Gasteiger partial charge in [0.2, 0.25) is 5.91 Å². The summed E-state index contributed by atoms with van der Waals surface area (Å²) in [5.41, 5.74) is 0.000732. The second-order valence-corrected chi connectivity index (χ2v) is 12.4. The number of nitrogens with zero attached hydrogens (tertiary/aromatic N) is 1. The Balaban J connectivity index is 1.28. The molecule has 1 aromatic heterocycles. The molecule has 27 heavy (non-hydrogen) atoms. The summed E-state index contributed by atoms with van der Waals surface area (Å²) in [6.07, 6.45) is 9.00. The molecule has 6 rings (SSSR count). The third-order valence-electron chi connectivity index (χ3n) is 7.27. The third-order valence-corrected chi connectivity index (χ3v) is 10.5. The number of piperidine rings is 1. The van der Waals surface area contributed by atoms with Gasteiger partial charge in [0, 0.05) is 18.6 Å². The van der Waals surface area contributed by atoms with Crippen molar-refractivity contribution in [1.82, 2.24) is 9.62 Å². The Kier molecular flexibility index (Phi) is 4.41. The van der Waals surface area contributed by atoms with Crippen molar-refractivity contribution in [2.24, 2.45) is 23.7 Å². The molecule has 5 nitrogen and oxygen atoms in total. The fraction of sp³-hybridized carbons (Fsp3) is 0.750. The molecule has 1 saturated heterocycles. The molecule has 0 aromatic carbocycles. The molecule has 4 bridgehead atoms. The molecule has 4 aliphatic carbocycles. The molecular formula is C20H28N2O3S2. The quantitative estimate of drug-likeness (QED) is 0.832. The molecule has 2 heterocycles. The van der Waals surface area contributed by atoms with Gasteiger partial charge in [-0.3, -0.25) is 4.79 Å². The van der Waals surface area contributed by atoms with E-state index in [9.17, 15) is 13.2 Å².